The first-order chi connectivity index (χ1) is 10.8. The summed E-state index contributed by atoms with van der Waals surface area (Å²) in [6.45, 7) is 3.13. The predicted molar refractivity (Wildman–Crippen MR) is 85.6 cm³/mol. The fourth-order valence-electron chi connectivity index (χ4n) is 4.58. The molecule has 4 aliphatic rings. The minimum Gasteiger partial charge on any atom is -0.364 e. The summed E-state index contributed by atoms with van der Waals surface area (Å²) in [4.78, 5) is 14.9. The van der Waals surface area contributed by atoms with Gasteiger partial charge in [0.05, 0.1) is 6.10 Å². The first-order valence-electron chi connectivity index (χ1n) is 9.47. The van der Waals surface area contributed by atoms with E-state index in [1.165, 1.54) is 57.9 Å². The van der Waals surface area contributed by atoms with E-state index in [9.17, 15) is 4.79 Å². The van der Waals surface area contributed by atoms with Gasteiger partial charge in [0.1, 0.15) is 6.10 Å². The second-order valence-corrected chi connectivity index (χ2v) is 7.92. The molecular formula is C18H30N2O2. The van der Waals surface area contributed by atoms with Gasteiger partial charge in [-0.15, -0.1) is 0 Å². The van der Waals surface area contributed by atoms with Gasteiger partial charge in [0, 0.05) is 19.1 Å². The van der Waals surface area contributed by atoms with E-state index in [0.717, 1.165) is 31.5 Å². The molecule has 2 aliphatic heterocycles. The lowest BCUT2D eigenvalue weighted by atomic mass is 9.88. The van der Waals surface area contributed by atoms with Crippen molar-refractivity contribution in [2.45, 2.75) is 76.0 Å². The summed E-state index contributed by atoms with van der Waals surface area (Å²) >= 11 is 0. The Morgan fingerprint density at radius 3 is 2.68 bits per heavy atom. The molecule has 124 valence electrons. The zero-order chi connectivity index (χ0) is 14.9. The first-order valence-corrected chi connectivity index (χ1v) is 9.47. The van der Waals surface area contributed by atoms with Gasteiger partial charge in [-0.05, 0) is 56.9 Å². The molecule has 4 heteroatoms. The molecule has 0 spiro atoms. The van der Waals surface area contributed by atoms with Crippen LogP contribution in [-0.4, -0.2) is 48.7 Å². The molecule has 1 amide bonds. The summed E-state index contributed by atoms with van der Waals surface area (Å²) in [5.41, 5.74) is 0. The van der Waals surface area contributed by atoms with E-state index < -0.39 is 0 Å². The number of hydrogen-bond donors (Lipinski definition) is 1. The summed E-state index contributed by atoms with van der Waals surface area (Å²) in [6, 6.07) is 0.779. The van der Waals surface area contributed by atoms with Crippen molar-refractivity contribution in [3.63, 3.8) is 0 Å². The van der Waals surface area contributed by atoms with Crippen LogP contribution < -0.4 is 5.32 Å². The van der Waals surface area contributed by atoms with Crippen LogP contribution in [0.1, 0.15) is 57.8 Å². The maximum atomic E-state index is 12.3. The van der Waals surface area contributed by atoms with Crippen LogP contribution in [0.2, 0.25) is 0 Å². The number of piperidine rings is 1. The number of fused-ring (bicyclic) bond motifs is 1. The standard InChI is InChI=1S/C18H30N2O2/c21-18(19-11-13-6-7-13)16-10-14-8-9-20(12-17(14)22-16)15-4-2-1-3-5-15/h13-17H,1-12H2,(H,19,21)/t14-,16-,17+/m0/s1. The number of amides is 1. The van der Waals surface area contributed by atoms with Gasteiger partial charge in [0.15, 0.2) is 0 Å². The molecule has 4 fully saturated rings. The van der Waals surface area contributed by atoms with Gasteiger partial charge in [-0.3, -0.25) is 9.69 Å². The van der Waals surface area contributed by atoms with E-state index in [0.29, 0.717) is 12.0 Å². The van der Waals surface area contributed by atoms with Gasteiger partial charge in [0.25, 0.3) is 0 Å². The number of nitrogens with zero attached hydrogens (tertiary/aromatic N) is 1. The topological polar surface area (TPSA) is 41.6 Å². The molecule has 2 saturated heterocycles. The molecular weight excluding hydrogens is 276 g/mol. The number of hydrogen-bond acceptors (Lipinski definition) is 3. The highest BCUT2D eigenvalue weighted by Crippen LogP contribution is 2.36. The van der Waals surface area contributed by atoms with Crippen molar-refractivity contribution in [2.75, 3.05) is 19.6 Å². The van der Waals surface area contributed by atoms with Crippen molar-refractivity contribution in [2.24, 2.45) is 11.8 Å². The van der Waals surface area contributed by atoms with Crippen LogP contribution in [0.4, 0.5) is 0 Å². The predicted octanol–water partition coefficient (Wildman–Crippen LogP) is 2.32. The van der Waals surface area contributed by atoms with E-state index in [4.69, 9.17) is 4.74 Å². The van der Waals surface area contributed by atoms with Crippen molar-refractivity contribution in [3.05, 3.63) is 0 Å². The molecule has 2 aliphatic carbocycles. The SMILES string of the molecule is O=C(NCC1CC1)[C@@H]1C[C@@H]2CCN(C3CCCCC3)C[C@H]2O1. The van der Waals surface area contributed by atoms with Gasteiger partial charge in [-0.25, -0.2) is 0 Å². The average molecular weight is 306 g/mol. The lowest BCUT2D eigenvalue weighted by molar-refractivity contribution is -0.133. The molecule has 4 rings (SSSR count). The quantitative estimate of drug-likeness (QED) is 0.867. The minimum absolute atomic E-state index is 0.144. The van der Waals surface area contributed by atoms with Crippen LogP contribution in [0.3, 0.4) is 0 Å². The van der Waals surface area contributed by atoms with Crippen molar-refractivity contribution in [1.29, 1.82) is 0 Å². The van der Waals surface area contributed by atoms with Crippen LogP contribution in [0.5, 0.6) is 0 Å². The molecule has 3 atom stereocenters. The molecule has 0 aromatic rings. The number of rotatable bonds is 4. The van der Waals surface area contributed by atoms with Gasteiger partial charge >= 0.3 is 0 Å². The molecule has 0 radical (unpaired) electrons. The molecule has 2 heterocycles. The van der Waals surface area contributed by atoms with E-state index in [1.807, 2.05) is 0 Å². The molecule has 0 unspecified atom stereocenters. The first kappa shape index (κ1) is 14.9. The normalized spacial score (nSPS) is 37.0. The summed E-state index contributed by atoms with van der Waals surface area (Å²) < 4.78 is 6.15. The Hall–Kier alpha value is -0.610. The van der Waals surface area contributed by atoms with Crippen molar-refractivity contribution < 1.29 is 9.53 Å². The second kappa shape index (κ2) is 6.48. The number of carbonyl (C=O) groups excluding carboxylic acids is 1. The van der Waals surface area contributed by atoms with E-state index in [-0.39, 0.29) is 12.0 Å². The lowest BCUT2D eigenvalue weighted by Gasteiger charge is -2.40. The number of nitrogens with one attached hydrogen (secondary N) is 1. The fraction of sp³-hybridized carbons (Fsp3) is 0.944. The highest BCUT2D eigenvalue weighted by molar-refractivity contribution is 5.81. The fourth-order valence-corrected chi connectivity index (χ4v) is 4.58. The van der Waals surface area contributed by atoms with Gasteiger partial charge < -0.3 is 10.1 Å². The van der Waals surface area contributed by atoms with Gasteiger partial charge in [-0.2, -0.15) is 0 Å². The molecule has 0 bridgehead atoms. The monoisotopic (exact) mass is 306 g/mol. The minimum atomic E-state index is -0.181. The summed E-state index contributed by atoms with van der Waals surface area (Å²) in [6.07, 6.45) is 11.8. The Morgan fingerprint density at radius 2 is 1.91 bits per heavy atom. The third-order valence-electron chi connectivity index (χ3n) is 6.23. The highest BCUT2D eigenvalue weighted by atomic mass is 16.5. The van der Waals surface area contributed by atoms with Gasteiger partial charge in [-0.1, -0.05) is 19.3 Å². The van der Waals surface area contributed by atoms with Crippen molar-refractivity contribution in [3.8, 4) is 0 Å². The largest absolute Gasteiger partial charge is 0.364 e. The number of ether oxygens (including phenoxy) is 1. The zero-order valence-corrected chi connectivity index (χ0v) is 13.6. The third-order valence-corrected chi connectivity index (χ3v) is 6.23. The number of likely N-dealkylation sites (tertiary alicyclic amines) is 1. The lowest BCUT2D eigenvalue weighted by Crippen LogP contribution is -2.48. The highest BCUT2D eigenvalue weighted by Gasteiger charge is 2.43. The molecule has 1 N–H and O–H groups in total. The van der Waals surface area contributed by atoms with E-state index in [1.54, 1.807) is 0 Å². The average Bonchev–Trinajstić information content (AvgIpc) is 3.29. The van der Waals surface area contributed by atoms with Gasteiger partial charge in [0.2, 0.25) is 5.91 Å². The Kier molecular flexibility index (Phi) is 4.40. The van der Waals surface area contributed by atoms with E-state index in [2.05, 4.69) is 10.2 Å². The zero-order valence-electron chi connectivity index (χ0n) is 13.6. The molecule has 2 saturated carbocycles. The van der Waals surface area contributed by atoms with Crippen LogP contribution in [0, 0.1) is 11.8 Å². The molecule has 22 heavy (non-hydrogen) atoms. The Labute approximate surface area is 134 Å². The van der Waals surface area contributed by atoms with Crippen molar-refractivity contribution >= 4 is 5.91 Å². The van der Waals surface area contributed by atoms with Crippen LogP contribution in [0.25, 0.3) is 0 Å². The van der Waals surface area contributed by atoms with Crippen LogP contribution in [0.15, 0.2) is 0 Å². The van der Waals surface area contributed by atoms with Crippen molar-refractivity contribution in [1.82, 2.24) is 10.2 Å². The molecule has 0 aromatic heterocycles. The molecule has 4 nitrogen and oxygen atoms in total. The summed E-state index contributed by atoms with van der Waals surface area (Å²) in [5, 5.41) is 3.09. The van der Waals surface area contributed by atoms with E-state index >= 15 is 0 Å². The Balaban J connectivity index is 1.28. The summed E-state index contributed by atoms with van der Waals surface area (Å²) in [5.74, 6) is 1.50. The third kappa shape index (κ3) is 3.33. The maximum Gasteiger partial charge on any atom is 0.249 e. The molecule has 0 aromatic carbocycles. The second-order valence-electron chi connectivity index (χ2n) is 7.92. The van der Waals surface area contributed by atoms with Crippen LogP contribution >= 0.6 is 0 Å². The Morgan fingerprint density at radius 1 is 1.09 bits per heavy atom. The Bertz CT molecular complexity index is 404. The van der Waals surface area contributed by atoms with Crippen LogP contribution in [-0.2, 0) is 9.53 Å². The maximum absolute atomic E-state index is 12.3. The number of carbonyl (C=O) groups is 1. The summed E-state index contributed by atoms with van der Waals surface area (Å²) in [7, 11) is 0. The smallest absolute Gasteiger partial charge is 0.249 e.